The Kier molecular flexibility index (Phi) is 4.62. The Hall–Kier alpha value is -1.43. The van der Waals surface area contributed by atoms with Crippen LogP contribution in [0.25, 0.3) is 0 Å². The summed E-state index contributed by atoms with van der Waals surface area (Å²) in [7, 11) is 1.64. The molecule has 1 heterocycles. The number of ether oxygens (including phenoxy) is 1. The Labute approximate surface area is 101 Å². The van der Waals surface area contributed by atoms with Crippen molar-refractivity contribution >= 4 is 5.97 Å². The molecule has 1 N–H and O–H groups in total. The summed E-state index contributed by atoms with van der Waals surface area (Å²) in [6.07, 6.45) is 0. The Morgan fingerprint density at radius 1 is 1.47 bits per heavy atom. The Bertz CT molecular complexity index is 387. The van der Waals surface area contributed by atoms with Crippen molar-refractivity contribution in [3.8, 4) is 0 Å². The van der Waals surface area contributed by atoms with Gasteiger partial charge >= 0.3 is 5.97 Å². The molecular formula is C11H19N3O3. The molecular weight excluding hydrogens is 222 g/mol. The van der Waals surface area contributed by atoms with Gasteiger partial charge in [0.15, 0.2) is 5.69 Å². The quantitative estimate of drug-likeness (QED) is 0.814. The minimum Gasteiger partial charge on any atom is -0.476 e. The maximum atomic E-state index is 11.0. The zero-order valence-electron chi connectivity index (χ0n) is 10.7. The summed E-state index contributed by atoms with van der Waals surface area (Å²) in [6, 6.07) is 0. The maximum absolute atomic E-state index is 11.0. The van der Waals surface area contributed by atoms with Gasteiger partial charge in [-0.05, 0) is 11.8 Å². The van der Waals surface area contributed by atoms with Gasteiger partial charge in [0.05, 0.1) is 12.3 Å². The molecule has 6 nitrogen and oxygen atoms in total. The largest absolute Gasteiger partial charge is 0.476 e. The molecule has 0 radical (unpaired) electrons. The molecule has 0 aliphatic rings. The van der Waals surface area contributed by atoms with Gasteiger partial charge in [0.2, 0.25) is 0 Å². The number of carboxylic acid groups (broad SMARTS) is 1. The number of aromatic carboxylic acids is 1. The molecule has 0 bridgehead atoms. The van der Waals surface area contributed by atoms with Gasteiger partial charge in [-0.25, -0.2) is 9.48 Å². The summed E-state index contributed by atoms with van der Waals surface area (Å²) >= 11 is 0. The highest BCUT2D eigenvalue weighted by atomic mass is 16.5. The van der Waals surface area contributed by atoms with Gasteiger partial charge in [0, 0.05) is 13.7 Å². The van der Waals surface area contributed by atoms with E-state index in [1.807, 2.05) is 20.8 Å². The smallest absolute Gasteiger partial charge is 0.358 e. The average Bonchev–Trinajstić information content (AvgIpc) is 2.61. The number of aromatic nitrogens is 3. The van der Waals surface area contributed by atoms with E-state index >= 15 is 0 Å². The van der Waals surface area contributed by atoms with E-state index in [0.29, 0.717) is 18.8 Å². The first-order valence-corrected chi connectivity index (χ1v) is 5.63. The van der Waals surface area contributed by atoms with E-state index in [0.717, 1.165) is 0 Å². The third kappa shape index (κ3) is 3.26. The second-order valence-electron chi connectivity index (χ2n) is 4.53. The van der Waals surface area contributed by atoms with E-state index in [4.69, 9.17) is 9.84 Å². The lowest BCUT2D eigenvalue weighted by molar-refractivity contribution is 0.0688. The van der Waals surface area contributed by atoms with Crippen LogP contribution in [0.4, 0.5) is 0 Å². The topological polar surface area (TPSA) is 77.2 Å². The molecule has 1 unspecified atom stereocenters. The Morgan fingerprint density at radius 3 is 2.59 bits per heavy atom. The molecule has 0 amide bonds. The summed E-state index contributed by atoms with van der Waals surface area (Å²) in [6.45, 7) is 7.11. The van der Waals surface area contributed by atoms with Crippen LogP contribution in [0.2, 0.25) is 0 Å². The van der Waals surface area contributed by atoms with Crippen molar-refractivity contribution in [2.45, 2.75) is 33.2 Å². The van der Waals surface area contributed by atoms with Gasteiger partial charge in [-0.1, -0.05) is 26.0 Å². The molecule has 96 valence electrons. The monoisotopic (exact) mass is 241 g/mol. The van der Waals surface area contributed by atoms with E-state index in [1.54, 1.807) is 11.8 Å². The van der Waals surface area contributed by atoms with Crippen molar-refractivity contribution in [2.24, 2.45) is 5.92 Å². The molecule has 0 saturated heterocycles. The van der Waals surface area contributed by atoms with Crippen molar-refractivity contribution in [1.29, 1.82) is 0 Å². The number of hydrogen-bond donors (Lipinski definition) is 1. The summed E-state index contributed by atoms with van der Waals surface area (Å²) in [4.78, 5) is 11.0. The molecule has 0 fully saturated rings. The molecule has 1 aromatic heterocycles. The fraction of sp³-hybridized carbons (Fsp3) is 0.727. The third-order valence-electron chi connectivity index (χ3n) is 2.46. The van der Waals surface area contributed by atoms with Crippen molar-refractivity contribution in [3.05, 3.63) is 11.4 Å². The van der Waals surface area contributed by atoms with Crippen molar-refractivity contribution in [3.63, 3.8) is 0 Å². The number of methoxy groups -OCH3 is 1. The second-order valence-corrected chi connectivity index (χ2v) is 4.53. The lowest BCUT2D eigenvalue weighted by atomic mass is 10.1. The lowest BCUT2D eigenvalue weighted by Crippen LogP contribution is -2.17. The first kappa shape index (κ1) is 13.6. The van der Waals surface area contributed by atoms with Crippen molar-refractivity contribution in [1.82, 2.24) is 15.0 Å². The first-order chi connectivity index (χ1) is 7.97. The van der Waals surface area contributed by atoms with Crippen LogP contribution >= 0.6 is 0 Å². The Morgan fingerprint density at radius 2 is 2.12 bits per heavy atom. The van der Waals surface area contributed by atoms with Crippen LogP contribution in [-0.2, 0) is 11.3 Å². The third-order valence-corrected chi connectivity index (χ3v) is 2.46. The van der Waals surface area contributed by atoms with E-state index < -0.39 is 5.97 Å². The van der Waals surface area contributed by atoms with E-state index in [-0.39, 0.29) is 17.5 Å². The minimum absolute atomic E-state index is 0.0459. The molecule has 1 atom stereocenters. The summed E-state index contributed by atoms with van der Waals surface area (Å²) in [5.41, 5.74) is 0.713. The minimum atomic E-state index is -1.03. The number of rotatable bonds is 6. The molecule has 0 spiro atoms. The van der Waals surface area contributed by atoms with Crippen LogP contribution in [0.1, 0.15) is 42.9 Å². The standard InChI is InChI=1S/C11H19N3O3/c1-7(2)10-9(11(15)16)12-13-14(10)5-8(3)6-17-4/h7-8H,5-6H2,1-4H3,(H,15,16). The highest BCUT2D eigenvalue weighted by Gasteiger charge is 2.22. The normalized spacial score (nSPS) is 13.0. The zero-order valence-corrected chi connectivity index (χ0v) is 10.7. The number of carbonyl (C=O) groups is 1. The SMILES string of the molecule is COCC(C)Cn1nnc(C(=O)O)c1C(C)C. The number of hydrogen-bond acceptors (Lipinski definition) is 4. The van der Waals surface area contributed by atoms with Gasteiger partial charge in [-0.2, -0.15) is 0 Å². The van der Waals surface area contributed by atoms with Crippen molar-refractivity contribution in [2.75, 3.05) is 13.7 Å². The highest BCUT2D eigenvalue weighted by Crippen LogP contribution is 2.18. The van der Waals surface area contributed by atoms with Crippen LogP contribution in [0.3, 0.4) is 0 Å². The van der Waals surface area contributed by atoms with Gasteiger partial charge in [-0.3, -0.25) is 0 Å². The molecule has 0 aliphatic heterocycles. The molecule has 1 aromatic rings. The molecule has 0 aliphatic carbocycles. The van der Waals surface area contributed by atoms with E-state index in [2.05, 4.69) is 10.3 Å². The summed E-state index contributed by atoms with van der Waals surface area (Å²) in [5, 5.41) is 16.7. The van der Waals surface area contributed by atoms with Crippen LogP contribution in [0.5, 0.6) is 0 Å². The van der Waals surface area contributed by atoms with Gasteiger partial charge in [-0.15, -0.1) is 5.10 Å². The molecule has 1 rings (SSSR count). The van der Waals surface area contributed by atoms with Crippen LogP contribution < -0.4 is 0 Å². The number of nitrogens with zero attached hydrogens (tertiary/aromatic N) is 3. The first-order valence-electron chi connectivity index (χ1n) is 5.63. The summed E-state index contributed by atoms with van der Waals surface area (Å²) < 4.78 is 6.72. The Balaban J connectivity index is 2.96. The van der Waals surface area contributed by atoms with E-state index in [9.17, 15) is 4.79 Å². The second kappa shape index (κ2) is 5.77. The zero-order chi connectivity index (χ0) is 13.0. The van der Waals surface area contributed by atoms with Crippen LogP contribution in [0.15, 0.2) is 0 Å². The van der Waals surface area contributed by atoms with Crippen molar-refractivity contribution < 1.29 is 14.6 Å². The molecule has 0 aromatic carbocycles. The predicted molar refractivity (Wildman–Crippen MR) is 62.1 cm³/mol. The molecule has 0 saturated carbocycles. The van der Waals surface area contributed by atoms with Gasteiger partial charge in [0.25, 0.3) is 0 Å². The molecule has 6 heteroatoms. The van der Waals surface area contributed by atoms with Crippen LogP contribution in [0, 0.1) is 5.92 Å². The van der Waals surface area contributed by atoms with Gasteiger partial charge in [0.1, 0.15) is 0 Å². The van der Waals surface area contributed by atoms with Gasteiger partial charge < -0.3 is 9.84 Å². The van der Waals surface area contributed by atoms with E-state index in [1.165, 1.54) is 0 Å². The number of carboxylic acids is 1. The maximum Gasteiger partial charge on any atom is 0.358 e. The van der Waals surface area contributed by atoms with Crippen LogP contribution in [-0.4, -0.2) is 39.8 Å². The average molecular weight is 241 g/mol. The fourth-order valence-corrected chi connectivity index (χ4v) is 1.81. The highest BCUT2D eigenvalue weighted by molar-refractivity contribution is 5.86. The summed E-state index contributed by atoms with van der Waals surface area (Å²) in [5.74, 6) is -0.689. The predicted octanol–water partition coefficient (Wildman–Crippen LogP) is 1.38. The molecule has 17 heavy (non-hydrogen) atoms. The fourth-order valence-electron chi connectivity index (χ4n) is 1.81. The lowest BCUT2D eigenvalue weighted by Gasteiger charge is -2.14.